The molecule has 0 aliphatic carbocycles. The highest BCUT2D eigenvalue weighted by atomic mass is 16.2. The first kappa shape index (κ1) is 12.9. The lowest BCUT2D eigenvalue weighted by atomic mass is 10.1. The molecule has 0 bridgehead atoms. The normalized spacial score (nSPS) is 19.7. The molecule has 1 amide bonds. The Kier molecular flexibility index (Phi) is 3.87. The maximum atomic E-state index is 12.4. The monoisotopic (exact) mass is 247 g/mol. The molecular weight excluding hydrogens is 226 g/mol. The summed E-state index contributed by atoms with van der Waals surface area (Å²) in [4.78, 5) is 16.4. The molecule has 1 aromatic carbocycles. The number of rotatable bonds is 2. The molecule has 1 atom stereocenters. The summed E-state index contributed by atoms with van der Waals surface area (Å²) in [6, 6.07) is 8.05. The van der Waals surface area contributed by atoms with E-state index in [1.807, 2.05) is 48.2 Å². The van der Waals surface area contributed by atoms with Gasteiger partial charge >= 0.3 is 0 Å². The van der Waals surface area contributed by atoms with Gasteiger partial charge in [-0.1, -0.05) is 0 Å². The van der Waals surface area contributed by atoms with Crippen LogP contribution >= 0.6 is 0 Å². The SMILES string of the molecule is CC1CNCCN1C(=O)c1ccc(N(C)C)cc1. The van der Waals surface area contributed by atoms with Gasteiger partial charge in [-0.2, -0.15) is 0 Å². The third-order valence-corrected chi connectivity index (χ3v) is 3.39. The number of nitrogens with one attached hydrogen (secondary N) is 1. The largest absolute Gasteiger partial charge is 0.378 e. The van der Waals surface area contributed by atoms with Gasteiger partial charge in [-0.25, -0.2) is 0 Å². The number of piperazine rings is 1. The predicted molar refractivity (Wildman–Crippen MR) is 74.1 cm³/mol. The Morgan fingerprint density at radius 2 is 2.00 bits per heavy atom. The molecular formula is C14H21N3O. The maximum Gasteiger partial charge on any atom is 0.254 e. The number of benzene rings is 1. The van der Waals surface area contributed by atoms with Gasteiger partial charge in [0.15, 0.2) is 0 Å². The molecule has 2 rings (SSSR count). The van der Waals surface area contributed by atoms with Crippen LogP contribution in [0.2, 0.25) is 0 Å². The molecule has 4 nitrogen and oxygen atoms in total. The van der Waals surface area contributed by atoms with Crippen LogP contribution in [0.15, 0.2) is 24.3 Å². The summed E-state index contributed by atoms with van der Waals surface area (Å²) in [7, 11) is 3.99. The van der Waals surface area contributed by atoms with E-state index >= 15 is 0 Å². The van der Waals surface area contributed by atoms with Crippen molar-refractivity contribution in [2.24, 2.45) is 0 Å². The molecule has 0 saturated carbocycles. The zero-order valence-corrected chi connectivity index (χ0v) is 11.3. The van der Waals surface area contributed by atoms with Crippen LogP contribution in [0.4, 0.5) is 5.69 Å². The van der Waals surface area contributed by atoms with Crippen molar-refractivity contribution in [1.29, 1.82) is 0 Å². The highest BCUT2D eigenvalue weighted by Gasteiger charge is 2.23. The van der Waals surface area contributed by atoms with Gasteiger partial charge in [0.1, 0.15) is 0 Å². The topological polar surface area (TPSA) is 35.6 Å². The Bertz CT molecular complexity index is 414. The van der Waals surface area contributed by atoms with Gasteiger partial charge in [0.05, 0.1) is 0 Å². The van der Waals surface area contributed by atoms with Crippen LogP contribution in [0.25, 0.3) is 0 Å². The van der Waals surface area contributed by atoms with Crippen molar-refractivity contribution in [1.82, 2.24) is 10.2 Å². The van der Waals surface area contributed by atoms with Crippen molar-refractivity contribution >= 4 is 11.6 Å². The molecule has 0 radical (unpaired) electrons. The molecule has 1 N–H and O–H groups in total. The van der Waals surface area contributed by atoms with E-state index in [-0.39, 0.29) is 11.9 Å². The van der Waals surface area contributed by atoms with Crippen LogP contribution in [0.5, 0.6) is 0 Å². The smallest absolute Gasteiger partial charge is 0.254 e. The van der Waals surface area contributed by atoms with Crippen LogP contribution in [0, 0.1) is 0 Å². The molecule has 1 aromatic rings. The molecule has 1 aliphatic rings. The second-order valence-corrected chi connectivity index (χ2v) is 4.99. The van der Waals surface area contributed by atoms with Crippen molar-refractivity contribution in [3.63, 3.8) is 0 Å². The maximum absolute atomic E-state index is 12.4. The lowest BCUT2D eigenvalue weighted by Gasteiger charge is -2.34. The van der Waals surface area contributed by atoms with Crippen molar-refractivity contribution in [3.05, 3.63) is 29.8 Å². The van der Waals surface area contributed by atoms with Gasteiger partial charge < -0.3 is 15.1 Å². The van der Waals surface area contributed by atoms with E-state index in [9.17, 15) is 4.79 Å². The molecule has 18 heavy (non-hydrogen) atoms. The Labute approximate surface area is 109 Å². The Hall–Kier alpha value is -1.55. The predicted octanol–water partition coefficient (Wildman–Crippen LogP) is 1.19. The van der Waals surface area contributed by atoms with Gasteiger partial charge in [0, 0.05) is 51.0 Å². The summed E-state index contributed by atoms with van der Waals surface area (Å²) in [5, 5.41) is 3.29. The van der Waals surface area contributed by atoms with Crippen molar-refractivity contribution in [2.75, 3.05) is 38.6 Å². The summed E-state index contributed by atoms with van der Waals surface area (Å²) in [6.07, 6.45) is 0. The van der Waals surface area contributed by atoms with Crippen LogP contribution in [0.3, 0.4) is 0 Å². The summed E-state index contributed by atoms with van der Waals surface area (Å²) < 4.78 is 0. The van der Waals surface area contributed by atoms with Gasteiger partial charge in [-0.3, -0.25) is 4.79 Å². The minimum atomic E-state index is 0.134. The summed E-state index contributed by atoms with van der Waals surface area (Å²) in [5.41, 5.74) is 1.88. The minimum Gasteiger partial charge on any atom is -0.378 e. The highest BCUT2D eigenvalue weighted by molar-refractivity contribution is 5.94. The van der Waals surface area contributed by atoms with E-state index in [0.29, 0.717) is 0 Å². The van der Waals surface area contributed by atoms with E-state index < -0.39 is 0 Å². The second-order valence-electron chi connectivity index (χ2n) is 4.99. The quantitative estimate of drug-likeness (QED) is 0.852. The molecule has 98 valence electrons. The van der Waals surface area contributed by atoms with Crippen molar-refractivity contribution in [3.8, 4) is 0 Å². The van der Waals surface area contributed by atoms with Crippen LogP contribution in [0.1, 0.15) is 17.3 Å². The first-order valence-corrected chi connectivity index (χ1v) is 6.38. The van der Waals surface area contributed by atoms with E-state index in [1.54, 1.807) is 0 Å². The summed E-state index contributed by atoms with van der Waals surface area (Å²) >= 11 is 0. The van der Waals surface area contributed by atoms with Crippen LogP contribution in [-0.4, -0.2) is 50.6 Å². The Morgan fingerprint density at radius 1 is 1.33 bits per heavy atom. The van der Waals surface area contributed by atoms with E-state index in [0.717, 1.165) is 30.9 Å². The molecule has 4 heteroatoms. The first-order chi connectivity index (χ1) is 8.59. The lowest BCUT2D eigenvalue weighted by Crippen LogP contribution is -2.52. The van der Waals surface area contributed by atoms with Gasteiger partial charge in [0.2, 0.25) is 0 Å². The van der Waals surface area contributed by atoms with Crippen LogP contribution < -0.4 is 10.2 Å². The fraction of sp³-hybridized carbons (Fsp3) is 0.500. The molecule has 0 aromatic heterocycles. The van der Waals surface area contributed by atoms with Gasteiger partial charge in [-0.15, -0.1) is 0 Å². The number of amides is 1. The Morgan fingerprint density at radius 3 is 2.56 bits per heavy atom. The third kappa shape index (κ3) is 2.64. The molecule has 0 spiro atoms. The average molecular weight is 247 g/mol. The van der Waals surface area contributed by atoms with Crippen molar-refractivity contribution < 1.29 is 4.79 Å². The zero-order chi connectivity index (χ0) is 13.1. The number of anilines is 1. The molecule has 1 saturated heterocycles. The van der Waals surface area contributed by atoms with E-state index in [4.69, 9.17) is 0 Å². The number of hydrogen-bond acceptors (Lipinski definition) is 3. The third-order valence-electron chi connectivity index (χ3n) is 3.39. The molecule has 1 heterocycles. The van der Waals surface area contributed by atoms with Crippen LogP contribution in [-0.2, 0) is 0 Å². The first-order valence-electron chi connectivity index (χ1n) is 6.38. The zero-order valence-electron chi connectivity index (χ0n) is 11.3. The number of nitrogens with zero attached hydrogens (tertiary/aromatic N) is 2. The standard InChI is InChI=1S/C14H21N3O/c1-11-10-15-8-9-17(11)14(18)12-4-6-13(7-5-12)16(2)3/h4-7,11,15H,8-10H2,1-3H3. The summed E-state index contributed by atoms with van der Waals surface area (Å²) in [6.45, 7) is 4.63. The highest BCUT2D eigenvalue weighted by Crippen LogP contribution is 2.15. The van der Waals surface area contributed by atoms with E-state index in [2.05, 4.69) is 12.2 Å². The lowest BCUT2D eigenvalue weighted by molar-refractivity contribution is 0.0656. The van der Waals surface area contributed by atoms with Gasteiger partial charge in [0.25, 0.3) is 5.91 Å². The number of carbonyl (C=O) groups excluding carboxylic acids is 1. The van der Waals surface area contributed by atoms with Crippen molar-refractivity contribution in [2.45, 2.75) is 13.0 Å². The molecule has 1 fully saturated rings. The fourth-order valence-corrected chi connectivity index (χ4v) is 2.21. The molecule has 1 unspecified atom stereocenters. The second kappa shape index (κ2) is 5.40. The fourth-order valence-electron chi connectivity index (χ4n) is 2.21. The van der Waals surface area contributed by atoms with Gasteiger partial charge in [-0.05, 0) is 31.2 Å². The van der Waals surface area contributed by atoms with E-state index in [1.165, 1.54) is 0 Å². The summed E-state index contributed by atoms with van der Waals surface area (Å²) in [5.74, 6) is 0.134. The number of carbonyl (C=O) groups is 1. The number of hydrogen-bond donors (Lipinski definition) is 1. The minimum absolute atomic E-state index is 0.134. The molecule has 1 aliphatic heterocycles. The Balaban J connectivity index is 2.13. The average Bonchev–Trinajstić information content (AvgIpc) is 2.38.